The monoisotopic (exact) mass is 393 g/mol. The minimum absolute atomic E-state index is 0.00117. The predicted octanol–water partition coefficient (Wildman–Crippen LogP) is 3.38. The highest BCUT2D eigenvalue weighted by Crippen LogP contribution is 2.25. The van der Waals surface area contributed by atoms with Crippen molar-refractivity contribution < 1.29 is 19.6 Å². The molecule has 2 aromatic carbocycles. The van der Waals surface area contributed by atoms with Gasteiger partial charge in [0.15, 0.2) is 5.11 Å². The quantitative estimate of drug-likeness (QED) is 0.413. The van der Waals surface area contributed by atoms with Crippen molar-refractivity contribution in [2.45, 2.75) is 6.92 Å². The van der Waals surface area contributed by atoms with Gasteiger partial charge < -0.3 is 10.4 Å². The Bertz CT molecular complexity index is 932. The normalized spacial score (nSPS) is 10.1. The van der Waals surface area contributed by atoms with Gasteiger partial charge in [0.1, 0.15) is 5.02 Å². The first kappa shape index (κ1) is 19.3. The predicted molar refractivity (Wildman–Crippen MR) is 99.9 cm³/mol. The van der Waals surface area contributed by atoms with Gasteiger partial charge in [-0.1, -0.05) is 17.7 Å². The summed E-state index contributed by atoms with van der Waals surface area (Å²) in [6, 6.07) is 8.18. The Morgan fingerprint density at radius 2 is 1.96 bits per heavy atom. The first-order chi connectivity index (χ1) is 12.2. The average molecular weight is 394 g/mol. The van der Waals surface area contributed by atoms with Crippen LogP contribution in [0.3, 0.4) is 0 Å². The molecule has 3 N–H and O–H groups in total. The van der Waals surface area contributed by atoms with E-state index in [1.165, 1.54) is 24.3 Å². The van der Waals surface area contributed by atoms with Crippen molar-refractivity contribution in [1.29, 1.82) is 0 Å². The topological polar surface area (TPSA) is 122 Å². The summed E-state index contributed by atoms with van der Waals surface area (Å²) in [7, 11) is 0. The molecule has 8 nitrogen and oxygen atoms in total. The molecular weight excluding hydrogens is 382 g/mol. The number of amides is 1. The molecular formula is C16H12ClN3O5S. The van der Waals surface area contributed by atoms with E-state index in [1.54, 1.807) is 13.0 Å². The van der Waals surface area contributed by atoms with Gasteiger partial charge >= 0.3 is 5.97 Å². The summed E-state index contributed by atoms with van der Waals surface area (Å²) >= 11 is 10.7. The van der Waals surface area contributed by atoms with Gasteiger partial charge in [-0.15, -0.1) is 0 Å². The molecule has 2 aromatic rings. The van der Waals surface area contributed by atoms with Gasteiger partial charge in [0, 0.05) is 17.3 Å². The molecule has 0 fully saturated rings. The SMILES string of the molecule is Cc1c(NC(=S)NC(=O)c2ccc(Cl)c([N+](=O)[O-])c2)cccc1C(=O)O. The third kappa shape index (κ3) is 4.32. The lowest BCUT2D eigenvalue weighted by atomic mass is 10.1. The van der Waals surface area contributed by atoms with E-state index in [2.05, 4.69) is 10.6 Å². The van der Waals surface area contributed by atoms with Crippen LogP contribution in [0.5, 0.6) is 0 Å². The second-order valence-electron chi connectivity index (χ2n) is 5.11. The molecule has 0 heterocycles. The first-order valence-corrected chi connectivity index (χ1v) is 7.88. The van der Waals surface area contributed by atoms with Gasteiger partial charge in [-0.3, -0.25) is 20.2 Å². The van der Waals surface area contributed by atoms with Crippen LogP contribution in [0.2, 0.25) is 5.02 Å². The molecule has 0 aliphatic carbocycles. The van der Waals surface area contributed by atoms with E-state index in [9.17, 15) is 19.7 Å². The van der Waals surface area contributed by atoms with Gasteiger partial charge in [0.2, 0.25) is 0 Å². The lowest BCUT2D eigenvalue weighted by molar-refractivity contribution is -0.384. The van der Waals surface area contributed by atoms with Crippen molar-refractivity contribution in [3.8, 4) is 0 Å². The van der Waals surface area contributed by atoms with Crippen molar-refractivity contribution in [3.05, 3.63) is 68.2 Å². The minimum Gasteiger partial charge on any atom is -0.478 e. The second kappa shape index (κ2) is 7.89. The highest BCUT2D eigenvalue weighted by molar-refractivity contribution is 7.80. The number of nitrogens with one attached hydrogen (secondary N) is 2. The molecule has 2 rings (SSSR count). The van der Waals surface area contributed by atoms with Crippen LogP contribution in [0.4, 0.5) is 11.4 Å². The molecule has 0 atom stereocenters. The Morgan fingerprint density at radius 3 is 2.58 bits per heavy atom. The molecule has 0 aliphatic rings. The standard InChI is InChI=1S/C16H12ClN3O5S/c1-8-10(15(22)23)3-2-4-12(8)18-16(26)19-14(21)9-5-6-11(17)13(7-9)20(24)25/h2-7H,1H3,(H,22,23)(H2,18,19,21,26). The number of carbonyl (C=O) groups excluding carboxylic acids is 1. The molecule has 0 radical (unpaired) electrons. The van der Waals surface area contributed by atoms with Crippen LogP contribution in [0.25, 0.3) is 0 Å². The summed E-state index contributed by atoms with van der Waals surface area (Å²) in [6.07, 6.45) is 0. The molecule has 0 saturated carbocycles. The Hall–Kier alpha value is -3.04. The van der Waals surface area contributed by atoms with Crippen molar-refractivity contribution in [3.63, 3.8) is 0 Å². The lowest BCUT2D eigenvalue weighted by Gasteiger charge is -2.13. The highest BCUT2D eigenvalue weighted by atomic mass is 35.5. The maximum absolute atomic E-state index is 12.2. The number of carbonyl (C=O) groups is 2. The Balaban J connectivity index is 2.15. The summed E-state index contributed by atoms with van der Waals surface area (Å²) in [5, 5.41) is 24.9. The fraction of sp³-hybridized carbons (Fsp3) is 0.0625. The molecule has 0 saturated heterocycles. The van der Waals surface area contributed by atoms with Crippen molar-refractivity contribution in [2.24, 2.45) is 0 Å². The molecule has 0 aromatic heterocycles. The fourth-order valence-electron chi connectivity index (χ4n) is 2.13. The van der Waals surface area contributed by atoms with E-state index < -0.39 is 22.5 Å². The van der Waals surface area contributed by atoms with E-state index in [0.29, 0.717) is 11.3 Å². The van der Waals surface area contributed by atoms with E-state index in [-0.39, 0.29) is 21.3 Å². The Labute approximate surface area is 157 Å². The largest absolute Gasteiger partial charge is 0.478 e. The van der Waals surface area contributed by atoms with Crippen LogP contribution in [0.15, 0.2) is 36.4 Å². The van der Waals surface area contributed by atoms with E-state index in [4.69, 9.17) is 28.9 Å². The number of nitro groups is 1. The number of anilines is 1. The summed E-state index contributed by atoms with van der Waals surface area (Å²) in [6.45, 7) is 1.60. The number of carboxylic acids is 1. The molecule has 134 valence electrons. The third-order valence-electron chi connectivity index (χ3n) is 3.44. The van der Waals surface area contributed by atoms with Gasteiger partial charge in [-0.2, -0.15) is 0 Å². The van der Waals surface area contributed by atoms with Crippen molar-refractivity contribution in [1.82, 2.24) is 5.32 Å². The minimum atomic E-state index is -1.09. The number of halogens is 1. The molecule has 0 bridgehead atoms. The summed E-state index contributed by atoms with van der Waals surface area (Å²) in [5.74, 6) is -1.76. The lowest BCUT2D eigenvalue weighted by Crippen LogP contribution is -2.34. The molecule has 26 heavy (non-hydrogen) atoms. The van der Waals surface area contributed by atoms with Crippen molar-refractivity contribution in [2.75, 3.05) is 5.32 Å². The van der Waals surface area contributed by atoms with Crippen LogP contribution in [0.1, 0.15) is 26.3 Å². The van der Waals surface area contributed by atoms with Gasteiger partial charge in [-0.05, 0) is 49.0 Å². The number of nitro benzene ring substituents is 1. The zero-order valence-electron chi connectivity index (χ0n) is 13.3. The van der Waals surface area contributed by atoms with Gasteiger partial charge in [0.05, 0.1) is 10.5 Å². The smallest absolute Gasteiger partial charge is 0.336 e. The number of aromatic carboxylic acids is 1. The number of hydrogen-bond donors (Lipinski definition) is 3. The number of thiocarbonyl (C=S) groups is 1. The number of benzene rings is 2. The van der Waals surface area contributed by atoms with Crippen LogP contribution in [-0.4, -0.2) is 27.0 Å². The molecule has 0 spiro atoms. The maximum Gasteiger partial charge on any atom is 0.336 e. The van der Waals surface area contributed by atoms with Crippen LogP contribution < -0.4 is 10.6 Å². The summed E-state index contributed by atoms with van der Waals surface area (Å²) < 4.78 is 0. The second-order valence-corrected chi connectivity index (χ2v) is 5.93. The summed E-state index contributed by atoms with van der Waals surface area (Å²) in [5.41, 5.74) is 0.554. The molecule has 0 aliphatic heterocycles. The summed E-state index contributed by atoms with van der Waals surface area (Å²) in [4.78, 5) is 33.5. The Kier molecular flexibility index (Phi) is 5.86. The molecule has 10 heteroatoms. The van der Waals surface area contributed by atoms with Crippen molar-refractivity contribution >= 4 is 52.2 Å². The van der Waals surface area contributed by atoms with E-state index >= 15 is 0 Å². The zero-order chi connectivity index (χ0) is 19.4. The van der Waals surface area contributed by atoms with Crippen LogP contribution in [0, 0.1) is 17.0 Å². The Morgan fingerprint density at radius 1 is 1.27 bits per heavy atom. The number of carboxylic acid groups (broad SMARTS) is 1. The molecule has 1 amide bonds. The number of rotatable bonds is 4. The maximum atomic E-state index is 12.2. The third-order valence-corrected chi connectivity index (χ3v) is 3.97. The van der Waals surface area contributed by atoms with E-state index in [1.807, 2.05) is 0 Å². The molecule has 0 unspecified atom stereocenters. The average Bonchev–Trinajstić information content (AvgIpc) is 2.56. The number of hydrogen-bond acceptors (Lipinski definition) is 5. The van der Waals surface area contributed by atoms with Gasteiger partial charge in [-0.25, -0.2) is 4.79 Å². The van der Waals surface area contributed by atoms with Crippen LogP contribution >= 0.6 is 23.8 Å². The number of nitrogens with zero attached hydrogens (tertiary/aromatic N) is 1. The van der Waals surface area contributed by atoms with Crippen LogP contribution in [-0.2, 0) is 0 Å². The fourth-order valence-corrected chi connectivity index (χ4v) is 2.51. The highest BCUT2D eigenvalue weighted by Gasteiger charge is 2.17. The van der Waals surface area contributed by atoms with E-state index in [0.717, 1.165) is 6.07 Å². The first-order valence-electron chi connectivity index (χ1n) is 7.10. The zero-order valence-corrected chi connectivity index (χ0v) is 14.9. The van der Waals surface area contributed by atoms with Gasteiger partial charge in [0.25, 0.3) is 11.6 Å².